The fourth-order valence-electron chi connectivity index (χ4n) is 1.23. The largest absolute Gasteiger partial charge is 0.378 e. The highest BCUT2D eigenvalue weighted by atomic mass is 16.5. The lowest BCUT2D eigenvalue weighted by Crippen LogP contribution is -2.38. The van der Waals surface area contributed by atoms with E-state index in [1.165, 1.54) is 0 Å². The van der Waals surface area contributed by atoms with Gasteiger partial charge in [-0.05, 0) is 19.3 Å². The van der Waals surface area contributed by atoms with Gasteiger partial charge in [-0.25, -0.2) is 0 Å². The van der Waals surface area contributed by atoms with E-state index in [4.69, 9.17) is 16.2 Å². The molecule has 1 saturated heterocycles. The van der Waals surface area contributed by atoms with Crippen LogP contribution in [0.1, 0.15) is 19.3 Å². The van der Waals surface area contributed by atoms with Gasteiger partial charge >= 0.3 is 0 Å². The van der Waals surface area contributed by atoms with Crippen LogP contribution in [0.25, 0.3) is 0 Å². The van der Waals surface area contributed by atoms with Gasteiger partial charge in [0.25, 0.3) is 0 Å². The summed E-state index contributed by atoms with van der Waals surface area (Å²) >= 11 is 0. The first kappa shape index (κ1) is 8.49. The zero-order valence-corrected chi connectivity index (χ0v) is 6.45. The van der Waals surface area contributed by atoms with Crippen LogP contribution in [0.4, 0.5) is 0 Å². The molecular formula is C7H14N2O2. The molecule has 0 bridgehead atoms. The predicted octanol–water partition coefficient (Wildman–Crippen LogP) is -0.632. The topological polar surface area (TPSA) is 78.3 Å². The zero-order valence-electron chi connectivity index (χ0n) is 6.45. The van der Waals surface area contributed by atoms with Crippen molar-refractivity contribution in [2.75, 3.05) is 6.61 Å². The summed E-state index contributed by atoms with van der Waals surface area (Å²) in [6.07, 6.45) is 2.78. The van der Waals surface area contributed by atoms with Gasteiger partial charge in [-0.15, -0.1) is 0 Å². The molecule has 0 spiro atoms. The monoisotopic (exact) mass is 158 g/mol. The molecule has 0 aliphatic carbocycles. The van der Waals surface area contributed by atoms with E-state index in [9.17, 15) is 4.79 Å². The molecule has 0 aromatic carbocycles. The number of carbonyl (C=O) groups excluding carboxylic acids is 1. The first-order chi connectivity index (χ1) is 5.20. The van der Waals surface area contributed by atoms with Crippen molar-refractivity contribution >= 4 is 5.91 Å². The predicted molar refractivity (Wildman–Crippen MR) is 40.8 cm³/mol. The van der Waals surface area contributed by atoms with Crippen LogP contribution < -0.4 is 11.5 Å². The van der Waals surface area contributed by atoms with Gasteiger partial charge in [-0.3, -0.25) is 4.79 Å². The third-order valence-corrected chi connectivity index (χ3v) is 1.91. The second kappa shape index (κ2) is 3.69. The Labute approximate surface area is 65.9 Å². The second-order valence-electron chi connectivity index (χ2n) is 2.88. The Hall–Kier alpha value is -0.610. The Morgan fingerprint density at radius 2 is 2.45 bits per heavy atom. The van der Waals surface area contributed by atoms with Crippen molar-refractivity contribution < 1.29 is 9.53 Å². The van der Waals surface area contributed by atoms with Gasteiger partial charge in [0.05, 0.1) is 12.1 Å². The quantitative estimate of drug-likeness (QED) is 0.574. The molecule has 2 atom stereocenters. The molecule has 11 heavy (non-hydrogen) atoms. The normalized spacial score (nSPS) is 26.8. The first-order valence-electron chi connectivity index (χ1n) is 3.86. The number of carbonyl (C=O) groups is 1. The summed E-state index contributed by atoms with van der Waals surface area (Å²) in [5, 5.41) is 0. The van der Waals surface area contributed by atoms with Crippen molar-refractivity contribution in [3.05, 3.63) is 0 Å². The minimum atomic E-state index is -0.543. The average Bonchev–Trinajstić information content (AvgIpc) is 2.39. The van der Waals surface area contributed by atoms with E-state index in [0.717, 1.165) is 19.4 Å². The SMILES string of the molecule is NC(=O)C(N)C[C@H]1CCCO1. The minimum absolute atomic E-state index is 0.150. The number of ether oxygens (including phenoxy) is 1. The number of nitrogens with two attached hydrogens (primary N) is 2. The highest BCUT2D eigenvalue weighted by molar-refractivity contribution is 5.79. The Morgan fingerprint density at radius 3 is 2.91 bits per heavy atom. The number of rotatable bonds is 3. The molecule has 0 saturated carbocycles. The zero-order chi connectivity index (χ0) is 8.27. The van der Waals surface area contributed by atoms with E-state index in [-0.39, 0.29) is 6.10 Å². The van der Waals surface area contributed by atoms with Crippen LogP contribution in [0.5, 0.6) is 0 Å². The summed E-state index contributed by atoms with van der Waals surface area (Å²) in [5.74, 6) is -0.444. The molecule has 4 N–H and O–H groups in total. The molecule has 1 amide bonds. The summed E-state index contributed by atoms with van der Waals surface area (Å²) < 4.78 is 5.29. The van der Waals surface area contributed by atoms with E-state index in [2.05, 4.69) is 0 Å². The van der Waals surface area contributed by atoms with Gasteiger partial charge in [0.1, 0.15) is 0 Å². The van der Waals surface area contributed by atoms with E-state index in [0.29, 0.717) is 6.42 Å². The summed E-state index contributed by atoms with van der Waals surface area (Å²) in [6, 6.07) is -0.543. The molecule has 1 fully saturated rings. The fourth-order valence-corrected chi connectivity index (χ4v) is 1.23. The average molecular weight is 158 g/mol. The third kappa shape index (κ3) is 2.48. The van der Waals surface area contributed by atoms with Gasteiger partial charge < -0.3 is 16.2 Å². The maximum Gasteiger partial charge on any atom is 0.234 e. The van der Waals surface area contributed by atoms with Gasteiger partial charge in [0.2, 0.25) is 5.91 Å². The molecule has 1 heterocycles. The maximum atomic E-state index is 10.5. The van der Waals surface area contributed by atoms with Crippen LogP contribution >= 0.6 is 0 Å². The lowest BCUT2D eigenvalue weighted by molar-refractivity contribution is -0.120. The highest BCUT2D eigenvalue weighted by Gasteiger charge is 2.20. The summed E-state index contributed by atoms with van der Waals surface area (Å²) in [6.45, 7) is 0.788. The van der Waals surface area contributed by atoms with Crippen LogP contribution in [-0.2, 0) is 9.53 Å². The molecule has 1 aliphatic heterocycles. The molecule has 0 radical (unpaired) electrons. The Kier molecular flexibility index (Phi) is 2.84. The van der Waals surface area contributed by atoms with Crippen LogP contribution in [0.15, 0.2) is 0 Å². The Morgan fingerprint density at radius 1 is 1.73 bits per heavy atom. The van der Waals surface area contributed by atoms with Crippen LogP contribution in [0, 0.1) is 0 Å². The molecule has 4 nitrogen and oxygen atoms in total. The Balaban J connectivity index is 2.23. The van der Waals surface area contributed by atoms with Gasteiger partial charge in [0.15, 0.2) is 0 Å². The van der Waals surface area contributed by atoms with Crippen molar-refractivity contribution in [3.8, 4) is 0 Å². The van der Waals surface area contributed by atoms with Gasteiger partial charge in [0, 0.05) is 6.61 Å². The van der Waals surface area contributed by atoms with E-state index in [1.54, 1.807) is 0 Å². The second-order valence-corrected chi connectivity index (χ2v) is 2.88. The number of amides is 1. The number of hydrogen-bond acceptors (Lipinski definition) is 3. The molecule has 64 valence electrons. The number of primary amides is 1. The standard InChI is InChI=1S/C7H14N2O2/c8-6(7(9)10)4-5-2-1-3-11-5/h5-6H,1-4,8H2,(H2,9,10)/t5-,6?/m1/s1. The van der Waals surface area contributed by atoms with Crippen molar-refractivity contribution in [2.24, 2.45) is 11.5 Å². The molecule has 1 aliphatic rings. The molecule has 1 rings (SSSR count). The van der Waals surface area contributed by atoms with Crippen LogP contribution in [0.3, 0.4) is 0 Å². The summed E-state index contributed by atoms with van der Waals surface area (Å²) in [7, 11) is 0. The molecule has 1 unspecified atom stereocenters. The summed E-state index contributed by atoms with van der Waals surface area (Å²) in [5.41, 5.74) is 10.4. The number of hydrogen-bond donors (Lipinski definition) is 2. The first-order valence-corrected chi connectivity index (χ1v) is 3.86. The highest BCUT2D eigenvalue weighted by Crippen LogP contribution is 2.15. The molecule has 4 heteroatoms. The van der Waals surface area contributed by atoms with E-state index in [1.807, 2.05) is 0 Å². The molecule has 0 aromatic rings. The van der Waals surface area contributed by atoms with Crippen molar-refractivity contribution in [1.29, 1.82) is 0 Å². The maximum absolute atomic E-state index is 10.5. The molecular weight excluding hydrogens is 144 g/mol. The van der Waals surface area contributed by atoms with Crippen LogP contribution in [-0.4, -0.2) is 24.7 Å². The van der Waals surface area contributed by atoms with Crippen molar-refractivity contribution in [1.82, 2.24) is 0 Å². The smallest absolute Gasteiger partial charge is 0.234 e. The van der Waals surface area contributed by atoms with Gasteiger partial charge in [-0.1, -0.05) is 0 Å². The minimum Gasteiger partial charge on any atom is -0.378 e. The lowest BCUT2D eigenvalue weighted by atomic mass is 10.1. The third-order valence-electron chi connectivity index (χ3n) is 1.91. The lowest BCUT2D eigenvalue weighted by Gasteiger charge is -2.12. The summed E-state index contributed by atoms with van der Waals surface area (Å²) in [4.78, 5) is 10.5. The van der Waals surface area contributed by atoms with Crippen LogP contribution in [0.2, 0.25) is 0 Å². The Bertz CT molecular complexity index is 143. The van der Waals surface area contributed by atoms with E-state index >= 15 is 0 Å². The van der Waals surface area contributed by atoms with E-state index < -0.39 is 11.9 Å². The fraction of sp³-hybridized carbons (Fsp3) is 0.857. The van der Waals surface area contributed by atoms with Crippen molar-refractivity contribution in [3.63, 3.8) is 0 Å². The van der Waals surface area contributed by atoms with Gasteiger partial charge in [-0.2, -0.15) is 0 Å². The molecule has 0 aromatic heterocycles. The van der Waals surface area contributed by atoms with Crippen molar-refractivity contribution in [2.45, 2.75) is 31.4 Å².